The number of ether oxygens (including phenoxy) is 1. The highest BCUT2D eigenvalue weighted by Gasteiger charge is 2.15. The smallest absolute Gasteiger partial charge is 0.121 e. The lowest BCUT2D eigenvalue weighted by atomic mass is 9.97. The fourth-order valence-electron chi connectivity index (χ4n) is 2.92. The predicted molar refractivity (Wildman–Crippen MR) is 79.7 cm³/mol. The van der Waals surface area contributed by atoms with E-state index in [0.717, 1.165) is 18.2 Å². The molecule has 0 amide bonds. The van der Waals surface area contributed by atoms with Crippen LogP contribution in [-0.2, 0) is 6.54 Å². The Kier molecular flexibility index (Phi) is 5.23. The summed E-state index contributed by atoms with van der Waals surface area (Å²) in [6.45, 7) is 6.69. The Morgan fingerprint density at radius 1 is 1.32 bits per heavy atom. The molecule has 0 saturated carbocycles. The van der Waals surface area contributed by atoms with Crippen LogP contribution in [0, 0.1) is 12.8 Å². The summed E-state index contributed by atoms with van der Waals surface area (Å²) < 4.78 is 5.31. The molecule has 0 aromatic heterocycles. The molecule has 19 heavy (non-hydrogen) atoms. The molecule has 0 radical (unpaired) electrons. The zero-order valence-electron chi connectivity index (χ0n) is 12.4. The number of aryl methyl sites for hydroxylation is 1. The average molecular weight is 262 g/mol. The Morgan fingerprint density at radius 3 is 2.68 bits per heavy atom. The number of hydrogen-bond acceptors (Lipinski definition) is 3. The van der Waals surface area contributed by atoms with Crippen LogP contribution in [-0.4, -0.2) is 38.7 Å². The van der Waals surface area contributed by atoms with Crippen molar-refractivity contribution in [3.63, 3.8) is 0 Å². The minimum Gasteiger partial charge on any atom is -0.496 e. The van der Waals surface area contributed by atoms with Gasteiger partial charge in [-0.05, 0) is 63.0 Å². The third-order valence-corrected chi connectivity index (χ3v) is 3.94. The van der Waals surface area contributed by atoms with E-state index in [1.54, 1.807) is 7.11 Å². The average Bonchev–Trinajstić information content (AvgIpc) is 2.40. The first-order valence-electron chi connectivity index (χ1n) is 7.22. The molecule has 0 spiro atoms. The van der Waals surface area contributed by atoms with Gasteiger partial charge in [-0.15, -0.1) is 0 Å². The van der Waals surface area contributed by atoms with Gasteiger partial charge in [-0.1, -0.05) is 12.1 Å². The molecule has 1 N–H and O–H groups in total. The summed E-state index contributed by atoms with van der Waals surface area (Å²) in [5.74, 6) is 1.83. The van der Waals surface area contributed by atoms with Gasteiger partial charge < -0.3 is 15.0 Å². The van der Waals surface area contributed by atoms with Gasteiger partial charge in [0.05, 0.1) is 7.11 Å². The van der Waals surface area contributed by atoms with Crippen molar-refractivity contribution in [2.75, 3.05) is 33.8 Å². The van der Waals surface area contributed by atoms with Crippen LogP contribution in [0.4, 0.5) is 0 Å². The van der Waals surface area contributed by atoms with Crippen LogP contribution in [0.25, 0.3) is 0 Å². The van der Waals surface area contributed by atoms with Crippen LogP contribution in [0.1, 0.15) is 24.0 Å². The Labute approximate surface area is 116 Å². The van der Waals surface area contributed by atoms with Gasteiger partial charge in [0.25, 0.3) is 0 Å². The van der Waals surface area contributed by atoms with E-state index < -0.39 is 0 Å². The summed E-state index contributed by atoms with van der Waals surface area (Å²) in [7, 11) is 3.95. The van der Waals surface area contributed by atoms with Crippen molar-refractivity contribution in [2.24, 2.45) is 5.92 Å². The third-order valence-electron chi connectivity index (χ3n) is 3.94. The fraction of sp³-hybridized carbons (Fsp3) is 0.625. The number of rotatable bonds is 5. The van der Waals surface area contributed by atoms with Crippen LogP contribution in [0.2, 0.25) is 0 Å². The molecule has 1 aromatic rings. The van der Waals surface area contributed by atoms with E-state index >= 15 is 0 Å². The van der Waals surface area contributed by atoms with E-state index in [4.69, 9.17) is 4.74 Å². The molecule has 2 rings (SSSR count). The van der Waals surface area contributed by atoms with Gasteiger partial charge in [0.15, 0.2) is 0 Å². The molecule has 0 bridgehead atoms. The number of methoxy groups -OCH3 is 1. The van der Waals surface area contributed by atoms with Gasteiger partial charge in [0, 0.05) is 13.1 Å². The van der Waals surface area contributed by atoms with Gasteiger partial charge in [0.2, 0.25) is 0 Å². The Balaban J connectivity index is 1.87. The second kappa shape index (κ2) is 6.92. The maximum atomic E-state index is 5.31. The van der Waals surface area contributed by atoms with Crippen molar-refractivity contribution >= 4 is 0 Å². The maximum Gasteiger partial charge on any atom is 0.121 e. The number of hydrogen-bond donors (Lipinski definition) is 1. The van der Waals surface area contributed by atoms with Crippen molar-refractivity contribution in [2.45, 2.75) is 26.3 Å². The molecular weight excluding hydrogens is 236 g/mol. The quantitative estimate of drug-likeness (QED) is 0.882. The van der Waals surface area contributed by atoms with E-state index in [0.29, 0.717) is 0 Å². The van der Waals surface area contributed by atoms with Crippen LogP contribution in [0.15, 0.2) is 18.2 Å². The van der Waals surface area contributed by atoms with Crippen LogP contribution >= 0.6 is 0 Å². The highest BCUT2D eigenvalue weighted by atomic mass is 16.5. The first-order valence-corrected chi connectivity index (χ1v) is 7.22. The topological polar surface area (TPSA) is 24.5 Å². The van der Waals surface area contributed by atoms with Crippen molar-refractivity contribution in [1.82, 2.24) is 10.2 Å². The van der Waals surface area contributed by atoms with Crippen molar-refractivity contribution in [1.29, 1.82) is 0 Å². The largest absolute Gasteiger partial charge is 0.496 e. The summed E-state index contributed by atoms with van der Waals surface area (Å²) in [6, 6.07) is 6.48. The zero-order chi connectivity index (χ0) is 13.7. The number of benzene rings is 1. The number of piperidine rings is 1. The summed E-state index contributed by atoms with van der Waals surface area (Å²) in [5.41, 5.74) is 2.59. The molecule has 1 aromatic carbocycles. The maximum absolute atomic E-state index is 5.31. The second-order valence-electron chi connectivity index (χ2n) is 5.69. The lowest BCUT2D eigenvalue weighted by Crippen LogP contribution is -2.34. The Morgan fingerprint density at radius 2 is 2.05 bits per heavy atom. The van der Waals surface area contributed by atoms with E-state index in [-0.39, 0.29) is 0 Å². The van der Waals surface area contributed by atoms with Crippen LogP contribution < -0.4 is 10.1 Å². The zero-order valence-corrected chi connectivity index (χ0v) is 12.4. The summed E-state index contributed by atoms with van der Waals surface area (Å²) >= 11 is 0. The molecule has 1 aliphatic rings. The molecule has 106 valence electrons. The van der Waals surface area contributed by atoms with Gasteiger partial charge in [-0.2, -0.15) is 0 Å². The second-order valence-corrected chi connectivity index (χ2v) is 5.69. The lowest BCUT2D eigenvalue weighted by molar-refractivity contribution is 0.234. The Hall–Kier alpha value is -1.06. The molecule has 3 heteroatoms. The lowest BCUT2D eigenvalue weighted by Gasteiger charge is -2.27. The highest BCUT2D eigenvalue weighted by Crippen LogP contribution is 2.20. The number of nitrogens with one attached hydrogen (secondary N) is 1. The summed E-state index contributed by atoms with van der Waals surface area (Å²) in [5, 5.41) is 3.43. The van der Waals surface area contributed by atoms with Crippen molar-refractivity contribution < 1.29 is 4.74 Å². The van der Waals surface area contributed by atoms with E-state index in [9.17, 15) is 0 Å². The standard InChI is InChI=1S/C16H26N2O/c1-13-10-15(4-5-16(13)19-3)12-18(2)11-14-6-8-17-9-7-14/h4-5,10,14,17H,6-9,11-12H2,1-3H3. The SMILES string of the molecule is COc1ccc(CN(C)CC2CCNCC2)cc1C. The van der Waals surface area contributed by atoms with E-state index in [2.05, 4.69) is 42.4 Å². The van der Waals surface area contributed by atoms with Gasteiger partial charge in [-0.25, -0.2) is 0 Å². The molecule has 0 unspecified atom stereocenters. The third kappa shape index (κ3) is 4.22. The minimum absolute atomic E-state index is 0.852. The first-order chi connectivity index (χ1) is 9.19. The monoisotopic (exact) mass is 262 g/mol. The van der Waals surface area contributed by atoms with Crippen molar-refractivity contribution in [3.05, 3.63) is 29.3 Å². The fourth-order valence-corrected chi connectivity index (χ4v) is 2.92. The molecular formula is C16H26N2O. The molecule has 3 nitrogen and oxygen atoms in total. The molecule has 1 heterocycles. The van der Waals surface area contributed by atoms with E-state index in [1.807, 2.05) is 0 Å². The molecule has 0 atom stereocenters. The van der Waals surface area contributed by atoms with Gasteiger partial charge in [-0.3, -0.25) is 0 Å². The summed E-state index contributed by atoms with van der Waals surface area (Å²) in [6.07, 6.45) is 2.62. The van der Waals surface area contributed by atoms with Gasteiger partial charge in [0.1, 0.15) is 5.75 Å². The molecule has 0 aliphatic carbocycles. The molecule has 1 aliphatic heterocycles. The Bertz CT molecular complexity index is 400. The van der Waals surface area contributed by atoms with Crippen LogP contribution in [0.3, 0.4) is 0 Å². The normalized spacial score (nSPS) is 16.8. The summed E-state index contributed by atoms with van der Waals surface area (Å²) in [4.78, 5) is 2.44. The molecule has 1 saturated heterocycles. The van der Waals surface area contributed by atoms with E-state index in [1.165, 1.54) is 43.6 Å². The highest BCUT2D eigenvalue weighted by molar-refractivity contribution is 5.36. The minimum atomic E-state index is 0.852. The van der Waals surface area contributed by atoms with Gasteiger partial charge >= 0.3 is 0 Å². The number of nitrogens with zero attached hydrogens (tertiary/aromatic N) is 1. The van der Waals surface area contributed by atoms with Crippen LogP contribution in [0.5, 0.6) is 5.75 Å². The van der Waals surface area contributed by atoms with Crippen molar-refractivity contribution in [3.8, 4) is 5.75 Å². The first kappa shape index (κ1) is 14.4. The molecule has 1 fully saturated rings. The predicted octanol–water partition coefficient (Wildman–Crippen LogP) is 2.44.